The van der Waals surface area contributed by atoms with Crippen molar-refractivity contribution in [2.24, 2.45) is 0 Å². The standard InChI is InChI=1S/C12H28N4/c1-12(2)16-9-7-14-5-4-13-6-8-15(3)10-11-16/h12-14H,4-11H2,1-3H3. The second kappa shape index (κ2) is 8.01. The molecule has 96 valence electrons. The van der Waals surface area contributed by atoms with Crippen molar-refractivity contribution in [3.63, 3.8) is 0 Å². The zero-order valence-electron chi connectivity index (χ0n) is 11.1. The summed E-state index contributed by atoms with van der Waals surface area (Å²) in [5.74, 6) is 0. The zero-order valence-corrected chi connectivity index (χ0v) is 11.1. The van der Waals surface area contributed by atoms with Crippen molar-refractivity contribution in [1.82, 2.24) is 20.4 Å². The normalized spacial score (nSPS) is 24.0. The van der Waals surface area contributed by atoms with Gasteiger partial charge in [-0.05, 0) is 20.9 Å². The molecule has 1 fully saturated rings. The molecule has 0 saturated carbocycles. The number of hydrogen-bond donors (Lipinski definition) is 2. The Morgan fingerprint density at radius 1 is 0.812 bits per heavy atom. The monoisotopic (exact) mass is 228 g/mol. The van der Waals surface area contributed by atoms with Crippen LogP contribution in [0.4, 0.5) is 0 Å². The van der Waals surface area contributed by atoms with Gasteiger partial charge in [0.1, 0.15) is 0 Å². The third kappa shape index (κ3) is 5.80. The first-order valence-corrected chi connectivity index (χ1v) is 6.54. The van der Waals surface area contributed by atoms with Crippen LogP contribution in [0.15, 0.2) is 0 Å². The minimum atomic E-state index is 0.649. The summed E-state index contributed by atoms with van der Waals surface area (Å²) in [6, 6.07) is 0.649. The average Bonchev–Trinajstić information content (AvgIpc) is 2.23. The van der Waals surface area contributed by atoms with Crippen LogP contribution >= 0.6 is 0 Å². The van der Waals surface area contributed by atoms with Gasteiger partial charge >= 0.3 is 0 Å². The topological polar surface area (TPSA) is 30.5 Å². The third-order valence-electron chi connectivity index (χ3n) is 3.22. The molecule has 16 heavy (non-hydrogen) atoms. The number of hydrogen-bond acceptors (Lipinski definition) is 4. The Balaban J connectivity index is 2.36. The molecule has 0 aromatic heterocycles. The molecule has 0 amide bonds. The van der Waals surface area contributed by atoms with E-state index in [1.54, 1.807) is 0 Å². The van der Waals surface area contributed by atoms with Crippen molar-refractivity contribution in [3.8, 4) is 0 Å². The van der Waals surface area contributed by atoms with Gasteiger partial charge in [-0.2, -0.15) is 0 Å². The van der Waals surface area contributed by atoms with Crippen LogP contribution in [-0.4, -0.2) is 75.2 Å². The first-order valence-electron chi connectivity index (χ1n) is 6.54. The molecular weight excluding hydrogens is 200 g/mol. The van der Waals surface area contributed by atoms with Crippen molar-refractivity contribution < 1.29 is 0 Å². The van der Waals surface area contributed by atoms with Crippen LogP contribution in [0.1, 0.15) is 13.8 Å². The van der Waals surface area contributed by atoms with Gasteiger partial charge < -0.3 is 15.5 Å². The van der Waals surface area contributed by atoms with E-state index in [0.717, 1.165) is 39.3 Å². The molecule has 0 bridgehead atoms. The number of nitrogens with one attached hydrogen (secondary N) is 2. The number of rotatable bonds is 1. The average molecular weight is 228 g/mol. The Bertz CT molecular complexity index is 172. The highest BCUT2D eigenvalue weighted by atomic mass is 15.2. The summed E-state index contributed by atoms with van der Waals surface area (Å²) in [6.07, 6.45) is 0. The Morgan fingerprint density at radius 2 is 1.44 bits per heavy atom. The van der Waals surface area contributed by atoms with E-state index in [-0.39, 0.29) is 0 Å². The minimum Gasteiger partial charge on any atom is -0.314 e. The van der Waals surface area contributed by atoms with Gasteiger partial charge in [-0.15, -0.1) is 0 Å². The van der Waals surface area contributed by atoms with E-state index in [1.165, 1.54) is 13.1 Å². The first kappa shape index (κ1) is 13.9. The van der Waals surface area contributed by atoms with Crippen LogP contribution in [0, 0.1) is 0 Å². The fraction of sp³-hybridized carbons (Fsp3) is 1.00. The lowest BCUT2D eigenvalue weighted by atomic mass is 10.3. The van der Waals surface area contributed by atoms with E-state index >= 15 is 0 Å². The molecular formula is C12H28N4. The summed E-state index contributed by atoms with van der Waals surface area (Å²) in [6.45, 7) is 13.6. The molecule has 4 nitrogen and oxygen atoms in total. The van der Waals surface area contributed by atoms with E-state index in [9.17, 15) is 0 Å². The van der Waals surface area contributed by atoms with Crippen LogP contribution in [0.25, 0.3) is 0 Å². The molecule has 0 radical (unpaired) electrons. The Morgan fingerprint density at radius 3 is 2.06 bits per heavy atom. The maximum Gasteiger partial charge on any atom is 0.0112 e. The van der Waals surface area contributed by atoms with Crippen LogP contribution in [0.3, 0.4) is 0 Å². The Labute approximate surface area is 100 Å². The molecule has 1 saturated heterocycles. The highest BCUT2D eigenvalue weighted by Crippen LogP contribution is 1.97. The van der Waals surface area contributed by atoms with Gasteiger partial charge in [0.25, 0.3) is 0 Å². The summed E-state index contributed by atoms with van der Waals surface area (Å²) in [7, 11) is 2.21. The molecule has 0 atom stereocenters. The summed E-state index contributed by atoms with van der Waals surface area (Å²) in [5.41, 5.74) is 0. The summed E-state index contributed by atoms with van der Waals surface area (Å²) < 4.78 is 0. The molecule has 0 spiro atoms. The van der Waals surface area contributed by atoms with Gasteiger partial charge in [0, 0.05) is 58.4 Å². The van der Waals surface area contributed by atoms with Crippen molar-refractivity contribution in [2.45, 2.75) is 19.9 Å². The molecule has 0 aliphatic carbocycles. The summed E-state index contributed by atoms with van der Waals surface area (Å²) >= 11 is 0. The largest absolute Gasteiger partial charge is 0.314 e. The molecule has 1 aliphatic heterocycles. The summed E-state index contributed by atoms with van der Waals surface area (Å²) in [4.78, 5) is 4.97. The van der Waals surface area contributed by atoms with Crippen LogP contribution < -0.4 is 10.6 Å². The molecule has 1 rings (SSSR count). The SMILES string of the molecule is CC(C)N1CCNCCNCCN(C)CC1. The predicted molar refractivity (Wildman–Crippen MR) is 69.9 cm³/mol. The lowest BCUT2D eigenvalue weighted by Crippen LogP contribution is -2.44. The predicted octanol–water partition coefficient (Wildman–Crippen LogP) is -0.179. The molecule has 1 aliphatic rings. The van der Waals surface area contributed by atoms with Crippen LogP contribution in [0.5, 0.6) is 0 Å². The van der Waals surface area contributed by atoms with E-state index in [0.29, 0.717) is 6.04 Å². The van der Waals surface area contributed by atoms with Crippen LogP contribution in [-0.2, 0) is 0 Å². The van der Waals surface area contributed by atoms with Gasteiger partial charge in [-0.25, -0.2) is 0 Å². The molecule has 0 aromatic rings. The maximum absolute atomic E-state index is 3.48. The molecule has 0 aromatic carbocycles. The third-order valence-corrected chi connectivity index (χ3v) is 3.22. The first-order chi connectivity index (χ1) is 7.70. The molecule has 2 N–H and O–H groups in total. The van der Waals surface area contributed by atoms with Gasteiger partial charge in [0.2, 0.25) is 0 Å². The number of nitrogens with zero attached hydrogens (tertiary/aromatic N) is 2. The van der Waals surface area contributed by atoms with E-state index < -0.39 is 0 Å². The highest BCUT2D eigenvalue weighted by Gasteiger charge is 2.10. The van der Waals surface area contributed by atoms with Gasteiger partial charge in [0.15, 0.2) is 0 Å². The Kier molecular flexibility index (Phi) is 6.96. The van der Waals surface area contributed by atoms with Gasteiger partial charge in [-0.1, -0.05) is 0 Å². The van der Waals surface area contributed by atoms with Crippen LogP contribution in [0.2, 0.25) is 0 Å². The Hall–Kier alpha value is -0.160. The zero-order chi connectivity index (χ0) is 11.8. The van der Waals surface area contributed by atoms with E-state index in [1.807, 2.05) is 0 Å². The highest BCUT2D eigenvalue weighted by molar-refractivity contribution is 4.68. The maximum atomic E-state index is 3.48. The minimum absolute atomic E-state index is 0.649. The second-order valence-corrected chi connectivity index (χ2v) is 4.93. The lowest BCUT2D eigenvalue weighted by Gasteiger charge is -2.29. The smallest absolute Gasteiger partial charge is 0.0112 e. The van der Waals surface area contributed by atoms with Gasteiger partial charge in [0.05, 0.1) is 0 Å². The molecule has 1 heterocycles. The lowest BCUT2D eigenvalue weighted by molar-refractivity contribution is 0.188. The fourth-order valence-corrected chi connectivity index (χ4v) is 1.96. The molecule has 4 heteroatoms. The van der Waals surface area contributed by atoms with Gasteiger partial charge in [-0.3, -0.25) is 4.90 Å². The van der Waals surface area contributed by atoms with Crippen molar-refractivity contribution in [2.75, 3.05) is 59.4 Å². The molecule has 0 unspecified atom stereocenters. The van der Waals surface area contributed by atoms with E-state index in [4.69, 9.17) is 0 Å². The summed E-state index contributed by atoms with van der Waals surface area (Å²) in [5, 5.41) is 6.93. The van der Waals surface area contributed by atoms with E-state index in [2.05, 4.69) is 41.3 Å². The second-order valence-electron chi connectivity index (χ2n) is 4.93. The fourth-order valence-electron chi connectivity index (χ4n) is 1.96. The van der Waals surface area contributed by atoms with Crippen molar-refractivity contribution in [3.05, 3.63) is 0 Å². The van der Waals surface area contributed by atoms with Crippen molar-refractivity contribution in [1.29, 1.82) is 0 Å². The number of likely N-dealkylation sites (N-methyl/N-ethyl adjacent to an activating group) is 1. The van der Waals surface area contributed by atoms with Crippen molar-refractivity contribution >= 4 is 0 Å². The quantitative estimate of drug-likeness (QED) is 0.652.